The highest BCUT2D eigenvalue weighted by atomic mass is 15.0. The predicted octanol–water partition coefficient (Wildman–Crippen LogP) is 15.1. The molecule has 1 aliphatic carbocycles. The summed E-state index contributed by atoms with van der Waals surface area (Å²) >= 11 is 0. The van der Waals surface area contributed by atoms with Gasteiger partial charge in [-0.1, -0.05) is 176 Å². The third kappa shape index (κ3) is 4.79. The summed E-state index contributed by atoms with van der Waals surface area (Å²) in [7, 11) is 0. The van der Waals surface area contributed by atoms with Crippen LogP contribution in [0.2, 0.25) is 0 Å². The molecular formula is C59H38N2. The molecule has 2 heterocycles. The fraction of sp³-hybridized carbons (Fsp3) is 0.0169. The standard InChI is InChI=1S/C59H38N2/c1-3-18-42(19-4-1)59(43-20-5-2-6-21-43)52-26-12-9-23-46(52)47-33-32-44(38-53(47)59)60-55-27-13-10-24-48(55)50-36-40(30-34-57(50)60)41-31-35-58-51(37-41)49-25-11-14-28-56(49)61(58)54-29-15-17-39-16-7-8-22-45(39)54/h1-38H. The molecule has 0 spiro atoms. The molecule has 2 aromatic heterocycles. The smallest absolute Gasteiger partial charge is 0.0714 e. The first kappa shape index (κ1) is 34.0. The van der Waals surface area contributed by atoms with Crippen LogP contribution in [-0.2, 0) is 5.41 Å². The van der Waals surface area contributed by atoms with Crippen molar-refractivity contribution in [2.24, 2.45) is 0 Å². The molecule has 0 bridgehead atoms. The monoisotopic (exact) mass is 774 g/mol. The molecule has 12 aromatic rings. The van der Waals surface area contributed by atoms with Gasteiger partial charge in [0.15, 0.2) is 0 Å². The molecular weight excluding hydrogens is 737 g/mol. The van der Waals surface area contributed by atoms with E-state index in [-0.39, 0.29) is 0 Å². The summed E-state index contributed by atoms with van der Waals surface area (Å²) in [5, 5.41) is 7.49. The van der Waals surface area contributed by atoms with Crippen molar-refractivity contribution in [1.29, 1.82) is 0 Å². The highest BCUT2D eigenvalue weighted by molar-refractivity contribution is 6.13. The van der Waals surface area contributed by atoms with Gasteiger partial charge >= 0.3 is 0 Å². The minimum Gasteiger partial charge on any atom is -0.309 e. The van der Waals surface area contributed by atoms with Gasteiger partial charge in [-0.25, -0.2) is 0 Å². The molecule has 0 aliphatic heterocycles. The first-order chi connectivity index (χ1) is 30.3. The van der Waals surface area contributed by atoms with E-state index in [2.05, 4.69) is 240 Å². The maximum absolute atomic E-state index is 2.47. The summed E-state index contributed by atoms with van der Waals surface area (Å²) < 4.78 is 4.91. The maximum Gasteiger partial charge on any atom is 0.0714 e. The van der Waals surface area contributed by atoms with Gasteiger partial charge in [-0.15, -0.1) is 0 Å². The van der Waals surface area contributed by atoms with Crippen LogP contribution >= 0.6 is 0 Å². The van der Waals surface area contributed by atoms with Crippen LogP contribution in [0.4, 0.5) is 0 Å². The summed E-state index contributed by atoms with van der Waals surface area (Å²) in [5.41, 5.74) is 16.9. The summed E-state index contributed by atoms with van der Waals surface area (Å²) in [4.78, 5) is 0. The molecule has 0 unspecified atom stereocenters. The molecule has 2 nitrogen and oxygen atoms in total. The lowest BCUT2D eigenvalue weighted by Gasteiger charge is -2.34. The number of nitrogens with zero attached hydrogens (tertiary/aromatic N) is 2. The number of fused-ring (bicyclic) bond motifs is 10. The molecule has 1 aliphatic rings. The Morgan fingerprint density at radius 1 is 0.295 bits per heavy atom. The van der Waals surface area contributed by atoms with Gasteiger partial charge < -0.3 is 9.13 Å². The normalized spacial score (nSPS) is 13.0. The van der Waals surface area contributed by atoms with E-state index in [0.717, 1.165) is 5.69 Å². The van der Waals surface area contributed by atoms with E-state index in [1.54, 1.807) is 0 Å². The quantitative estimate of drug-likeness (QED) is 0.165. The van der Waals surface area contributed by atoms with E-state index >= 15 is 0 Å². The summed E-state index contributed by atoms with van der Waals surface area (Å²) in [6.45, 7) is 0. The van der Waals surface area contributed by atoms with Crippen molar-refractivity contribution in [3.05, 3.63) is 253 Å². The minimum atomic E-state index is -0.467. The zero-order valence-corrected chi connectivity index (χ0v) is 33.3. The topological polar surface area (TPSA) is 9.86 Å². The Hall–Kier alpha value is -7.94. The third-order valence-corrected chi connectivity index (χ3v) is 13.4. The van der Waals surface area contributed by atoms with E-state index in [9.17, 15) is 0 Å². The molecule has 0 amide bonds. The Morgan fingerprint density at radius 3 is 1.49 bits per heavy atom. The van der Waals surface area contributed by atoms with Gasteiger partial charge in [-0.3, -0.25) is 0 Å². The Morgan fingerprint density at radius 2 is 0.803 bits per heavy atom. The van der Waals surface area contributed by atoms with Crippen LogP contribution in [0.5, 0.6) is 0 Å². The van der Waals surface area contributed by atoms with Gasteiger partial charge in [-0.2, -0.15) is 0 Å². The Labute approximate surface area is 353 Å². The lowest BCUT2D eigenvalue weighted by Crippen LogP contribution is -2.28. The molecule has 0 atom stereocenters. The van der Waals surface area contributed by atoms with E-state index in [0.29, 0.717) is 0 Å². The average molecular weight is 775 g/mol. The second kappa shape index (κ2) is 13.0. The molecule has 284 valence electrons. The molecule has 0 radical (unpaired) electrons. The Kier molecular flexibility index (Phi) is 7.26. The van der Waals surface area contributed by atoms with Crippen molar-refractivity contribution in [2.45, 2.75) is 5.41 Å². The molecule has 0 fully saturated rings. The molecule has 0 N–H and O–H groups in total. The largest absolute Gasteiger partial charge is 0.309 e. The van der Waals surface area contributed by atoms with Crippen molar-refractivity contribution in [2.75, 3.05) is 0 Å². The SMILES string of the molecule is c1ccc(C2(c3ccccc3)c3ccccc3-c3ccc(-n4c5ccccc5c5cc(-c6ccc7c(c6)c6ccccc6n7-c6cccc7ccccc67)ccc54)cc32)cc1. The number of aromatic nitrogens is 2. The highest BCUT2D eigenvalue weighted by Gasteiger charge is 2.46. The van der Waals surface area contributed by atoms with Crippen molar-refractivity contribution in [3.8, 4) is 33.6 Å². The molecule has 61 heavy (non-hydrogen) atoms. The summed E-state index contributed by atoms with van der Waals surface area (Å²) in [6, 6.07) is 85.3. The minimum absolute atomic E-state index is 0.467. The first-order valence-corrected chi connectivity index (χ1v) is 21.2. The fourth-order valence-electron chi connectivity index (χ4n) is 10.8. The molecule has 13 rings (SSSR count). The number of hydrogen-bond donors (Lipinski definition) is 0. The Balaban J connectivity index is 1.00. The van der Waals surface area contributed by atoms with Crippen LogP contribution in [0.15, 0.2) is 231 Å². The van der Waals surface area contributed by atoms with E-state index < -0.39 is 5.41 Å². The van der Waals surface area contributed by atoms with E-state index in [1.807, 2.05) is 0 Å². The second-order valence-corrected chi connectivity index (χ2v) is 16.4. The van der Waals surface area contributed by atoms with Gasteiger partial charge in [0.2, 0.25) is 0 Å². The summed E-state index contributed by atoms with van der Waals surface area (Å²) in [6.07, 6.45) is 0. The number of hydrogen-bond acceptors (Lipinski definition) is 0. The molecule has 2 heteroatoms. The van der Waals surface area contributed by atoms with Crippen LogP contribution in [0.3, 0.4) is 0 Å². The highest BCUT2D eigenvalue weighted by Crippen LogP contribution is 2.56. The molecule has 0 saturated carbocycles. The molecule has 10 aromatic carbocycles. The van der Waals surface area contributed by atoms with Crippen molar-refractivity contribution >= 4 is 54.4 Å². The van der Waals surface area contributed by atoms with Crippen molar-refractivity contribution in [3.63, 3.8) is 0 Å². The zero-order valence-electron chi connectivity index (χ0n) is 33.3. The van der Waals surface area contributed by atoms with Crippen LogP contribution in [0, 0.1) is 0 Å². The van der Waals surface area contributed by atoms with Crippen molar-refractivity contribution < 1.29 is 0 Å². The van der Waals surface area contributed by atoms with Crippen LogP contribution in [-0.4, -0.2) is 9.13 Å². The van der Waals surface area contributed by atoms with Gasteiger partial charge in [0.1, 0.15) is 0 Å². The average Bonchev–Trinajstić information content (AvgIpc) is 3.95. The van der Waals surface area contributed by atoms with Gasteiger partial charge in [-0.05, 0) is 104 Å². The van der Waals surface area contributed by atoms with Crippen LogP contribution in [0.25, 0.3) is 88.0 Å². The van der Waals surface area contributed by atoms with Crippen LogP contribution in [0.1, 0.15) is 22.3 Å². The lowest BCUT2D eigenvalue weighted by molar-refractivity contribution is 0.767. The third-order valence-electron chi connectivity index (χ3n) is 13.4. The number of rotatable bonds is 5. The Bertz CT molecular complexity index is 3660. The predicted molar refractivity (Wildman–Crippen MR) is 255 cm³/mol. The lowest BCUT2D eigenvalue weighted by atomic mass is 9.67. The van der Waals surface area contributed by atoms with Gasteiger partial charge in [0.25, 0.3) is 0 Å². The second-order valence-electron chi connectivity index (χ2n) is 16.4. The number of para-hydroxylation sites is 2. The maximum atomic E-state index is 2.47. The van der Waals surface area contributed by atoms with Crippen LogP contribution < -0.4 is 0 Å². The fourth-order valence-corrected chi connectivity index (χ4v) is 10.8. The van der Waals surface area contributed by atoms with E-state index in [4.69, 9.17) is 0 Å². The van der Waals surface area contributed by atoms with Gasteiger partial charge in [0.05, 0.1) is 33.2 Å². The van der Waals surface area contributed by atoms with E-state index in [1.165, 1.54) is 105 Å². The van der Waals surface area contributed by atoms with Crippen molar-refractivity contribution in [1.82, 2.24) is 9.13 Å². The van der Waals surface area contributed by atoms with Gasteiger partial charge in [0, 0.05) is 32.6 Å². The number of benzene rings is 10. The summed E-state index contributed by atoms with van der Waals surface area (Å²) in [5.74, 6) is 0. The first-order valence-electron chi connectivity index (χ1n) is 21.2. The zero-order chi connectivity index (χ0) is 40.1. The molecule has 0 saturated heterocycles.